The molecule has 0 bridgehead atoms. The number of epoxide rings is 1. The van der Waals surface area contributed by atoms with E-state index in [1.807, 2.05) is 20.8 Å². The van der Waals surface area contributed by atoms with E-state index in [0.29, 0.717) is 38.5 Å². The number of ether oxygens (including phenoxy) is 2. The van der Waals surface area contributed by atoms with Crippen molar-refractivity contribution in [2.75, 3.05) is 46.2 Å². The highest BCUT2D eigenvalue weighted by Crippen LogP contribution is 2.18. The fourth-order valence-electron chi connectivity index (χ4n) is 2.49. The Morgan fingerprint density at radius 1 is 1.10 bits per heavy atom. The van der Waals surface area contributed by atoms with E-state index >= 15 is 0 Å². The summed E-state index contributed by atoms with van der Waals surface area (Å²) in [6.07, 6.45) is 3.78. The van der Waals surface area contributed by atoms with E-state index in [4.69, 9.17) is 27.2 Å². The van der Waals surface area contributed by atoms with Crippen LogP contribution in [0.3, 0.4) is 0 Å². The minimum Gasteiger partial charge on any atom is -0.419 e. The average Bonchev–Trinajstić information content (AvgIpc) is 3.49. The van der Waals surface area contributed by atoms with Gasteiger partial charge in [0.2, 0.25) is 6.08 Å². The third-order valence-corrected chi connectivity index (χ3v) is 8.84. The summed E-state index contributed by atoms with van der Waals surface area (Å²) in [4.78, 5) is 13.4. The van der Waals surface area contributed by atoms with Crippen molar-refractivity contribution in [1.82, 2.24) is 0 Å². The molecule has 0 aromatic heterocycles. The first-order valence-corrected chi connectivity index (χ1v) is 14.6. The van der Waals surface area contributed by atoms with Gasteiger partial charge < -0.3 is 27.2 Å². The van der Waals surface area contributed by atoms with Gasteiger partial charge in [0.05, 0.1) is 19.8 Å². The Bertz CT molecular complexity index is 436. The van der Waals surface area contributed by atoms with Gasteiger partial charge in [0.25, 0.3) is 0 Å². The van der Waals surface area contributed by atoms with Gasteiger partial charge in [0.1, 0.15) is 6.10 Å². The molecule has 0 N–H and O–H groups in total. The number of hydrogen-bond acceptors (Lipinski definition) is 8. The maximum absolute atomic E-state index is 9.93. The second-order valence-electron chi connectivity index (χ2n) is 7.76. The maximum Gasteiger partial charge on any atom is 0.500 e. The lowest BCUT2D eigenvalue weighted by atomic mass is 10.2. The van der Waals surface area contributed by atoms with Crippen LogP contribution in [0.5, 0.6) is 0 Å². The summed E-state index contributed by atoms with van der Waals surface area (Å²) in [7, 11) is -2.87. The predicted octanol–water partition coefficient (Wildman–Crippen LogP) is 2.87. The molecule has 0 aromatic rings. The van der Waals surface area contributed by atoms with E-state index in [2.05, 4.69) is 25.8 Å². The van der Waals surface area contributed by atoms with Crippen LogP contribution in [0, 0.1) is 0 Å². The number of rotatable bonds is 17. The highest BCUT2D eigenvalue weighted by atomic mass is 28.4. The molecule has 1 heterocycles. The van der Waals surface area contributed by atoms with Crippen LogP contribution < -0.4 is 0 Å². The molecule has 178 valence electrons. The molecule has 1 aliphatic rings. The first kappa shape index (κ1) is 29.6. The van der Waals surface area contributed by atoms with E-state index in [-0.39, 0.29) is 15.4 Å². The molecule has 30 heavy (non-hydrogen) atoms. The molecule has 0 saturated carbocycles. The monoisotopic (exact) mass is 465 g/mol. The number of hydrogen-bond donors (Lipinski definition) is 0. The van der Waals surface area contributed by atoms with E-state index in [9.17, 15) is 4.79 Å². The normalized spacial score (nSPS) is 16.3. The highest BCUT2D eigenvalue weighted by Gasteiger charge is 2.39. The van der Waals surface area contributed by atoms with E-state index < -0.39 is 8.80 Å². The summed E-state index contributed by atoms with van der Waals surface area (Å²) in [6.45, 7) is 16.8. The topological polar surface area (TPSA) is 88.1 Å². The van der Waals surface area contributed by atoms with Gasteiger partial charge in [-0.05, 0) is 60.4 Å². The molecule has 1 atom stereocenters. The molecule has 1 aliphatic heterocycles. The van der Waals surface area contributed by atoms with Crippen molar-refractivity contribution in [2.45, 2.75) is 78.2 Å². The Balaban J connectivity index is 0.000000564. The quantitative estimate of drug-likeness (QED) is 0.107. The Morgan fingerprint density at radius 3 is 2.17 bits per heavy atom. The summed E-state index contributed by atoms with van der Waals surface area (Å²) in [5, 5.41) is 0. The molecule has 0 aliphatic carbocycles. The van der Waals surface area contributed by atoms with Crippen LogP contribution in [0.15, 0.2) is 4.99 Å². The summed E-state index contributed by atoms with van der Waals surface area (Å²) in [6, 6.07) is 1.90. The molecule has 0 aromatic carbocycles. The summed E-state index contributed by atoms with van der Waals surface area (Å²) < 4.78 is 33.1. The summed E-state index contributed by atoms with van der Waals surface area (Å²) in [5.74, 6) is 0. The molecule has 1 unspecified atom stereocenters. The molecule has 8 nitrogen and oxygen atoms in total. The van der Waals surface area contributed by atoms with Crippen molar-refractivity contribution in [1.29, 1.82) is 0 Å². The van der Waals surface area contributed by atoms with Gasteiger partial charge in [-0.3, -0.25) is 0 Å². The van der Waals surface area contributed by atoms with Gasteiger partial charge in [-0.2, -0.15) is 0 Å². The van der Waals surface area contributed by atoms with E-state index in [0.717, 1.165) is 32.7 Å². The van der Waals surface area contributed by atoms with Crippen LogP contribution in [-0.4, -0.2) is 82.5 Å². The molecular formula is C20H43NO7Si2. The Morgan fingerprint density at radius 2 is 1.70 bits per heavy atom. The van der Waals surface area contributed by atoms with Crippen molar-refractivity contribution in [3.8, 4) is 0 Å². The first-order chi connectivity index (χ1) is 14.3. The number of isocyanates is 1. The number of aliphatic imine (C=N–C) groups is 1. The van der Waals surface area contributed by atoms with Crippen molar-refractivity contribution < 1.29 is 32.0 Å². The summed E-state index contributed by atoms with van der Waals surface area (Å²) >= 11 is 0. The smallest absolute Gasteiger partial charge is 0.419 e. The third-order valence-electron chi connectivity index (χ3n) is 3.83. The molecule has 10 heteroatoms. The van der Waals surface area contributed by atoms with Crippen LogP contribution in [-0.2, 0) is 32.0 Å². The minimum atomic E-state index is -2.54. The van der Waals surface area contributed by atoms with Crippen molar-refractivity contribution in [3.05, 3.63) is 0 Å². The Hall–Kier alpha value is -0.426. The summed E-state index contributed by atoms with van der Waals surface area (Å²) in [5.41, 5.74) is 0.0505. The number of carbonyl (C=O) groups excluding carboxylic acids is 1. The molecular weight excluding hydrogens is 422 g/mol. The Labute approximate surface area is 186 Å². The van der Waals surface area contributed by atoms with Gasteiger partial charge in [-0.25, -0.2) is 9.79 Å². The van der Waals surface area contributed by atoms with Crippen LogP contribution in [0.4, 0.5) is 0 Å². The molecule has 1 saturated heterocycles. The van der Waals surface area contributed by atoms with Gasteiger partial charge in [-0.1, -0.05) is 0 Å². The molecule has 0 radical (unpaired) electrons. The zero-order valence-corrected chi connectivity index (χ0v) is 22.3. The Kier molecular flexibility index (Phi) is 17.9. The first-order valence-electron chi connectivity index (χ1n) is 11.1. The standard InChI is InChI=1S/C10H21NO4Si.C10H22O3Si/c1-4-13-16(14-5-2,15-6-3)9-7-8-11-10-12;1-10(2,3)13-14-6-4-5-11-7-9-8-12-9/h4-9H2,1-3H3;9H,4-8,14H2,1-3H3. The van der Waals surface area contributed by atoms with E-state index in [1.54, 1.807) is 0 Å². The van der Waals surface area contributed by atoms with Crippen LogP contribution in [0.1, 0.15) is 54.4 Å². The lowest BCUT2D eigenvalue weighted by molar-refractivity contribution is 0.0710. The lowest BCUT2D eigenvalue weighted by Crippen LogP contribution is -2.46. The largest absolute Gasteiger partial charge is 0.500 e. The zero-order chi connectivity index (χ0) is 22.7. The van der Waals surface area contributed by atoms with Gasteiger partial charge in [0, 0.05) is 38.1 Å². The SMILES string of the molecule is CC(C)(C)O[SiH2]CCCOCC1CO1.CCO[Si](CCCN=C=O)(OCC)OCC. The second kappa shape index (κ2) is 18.2. The zero-order valence-electron chi connectivity index (χ0n) is 19.9. The van der Waals surface area contributed by atoms with Crippen LogP contribution in [0.2, 0.25) is 12.1 Å². The van der Waals surface area contributed by atoms with E-state index in [1.165, 1.54) is 12.1 Å². The lowest BCUT2D eigenvalue weighted by Gasteiger charge is -2.28. The van der Waals surface area contributed by atoms with Gasteiger partial charge >= 0.3 is 8.80 Å². The maximum atomic E-state index is 9.93. The number of nitrogens with zero attached hydrogens (tertiary/aromatic N) is 1. The van der Waals surface area contributed by atoms with Crippen LogP contribution >= 0.6 is 0 Å². The minimum absolute atomic E-state index is 0.0505. The van der Waals surface area contributed by atoms with Gasteiger partial charge in [0.15, 0.2) is 9.76 Å². The fraction of sp³-hybridized carbons (Fsp3) is 0.950. The predicted molar refractivity (Wildman–Crippen MR) is 122 cm³/mol. The fourth-order valence-corrected chi connectivity index (χ4v) is 6.24. The molecule has 1 rings (SSSR count). The van der Waals surface area contributed by atoms with Gasteiger partial charge in [-0.15, -0.1) is 0 Å². The average molecular weight is 466 g/mol. The highest BCUT2D eigenvalue weighted by molar-refractivity contribution is 6.60. The van der Waals surface area contributed by atoms with Crippen molar-refractivity contribution in [3.63, 3.8) is 0 Å². The second-order valence-corrected chi connectivity index (χ2v) is 11.9. The van der Waals surface area contributed by atoms with Crippen molar-refractivity contribution in [2.24, 2.45) is 4.99 Å². The molecule has 0 spiro atoms. The molecule has 0 amide bonds. The third kappa shape index (κ3) is 18.4. The van der Waals surface area contributed by atoms with Crippen molar-refractivity contribution >= 4 is 24.6 Å². The van der Waals surface area contributed by atoms with Crippen LogP contribution in [0.25, 0.3) is 0 Å². The molecule has 1 fully saturated rings.